The third-order valence-electron chi connectivity index (χ3n) is 5.28. The second kappa shape index (κ2) is 8.51. The highest BCUT2D eigenvalue weighted by molar-refractivity contribution is 6.35. The molecule has 1 aliphatic rings. The van der Waals surface area contributed by atoms with Gasteiger partial charge in [-0.05, 0) is 62.4 Å². The largest absolute Gasteiger partial charge is 0.399 e. The Morgan fingerprint density at radius 3 is 2.55 bits per heavy atom. The Balaban J connectivity index is 1.97. The number of ketones is 1. The van der Waals surface area contributed by atoms with E-state index in [-0.39, 0.29) is 35.0 Å². The van der Waals surface area contributed by atoms with Crippen LogP contribution in [0.1, 0.15) is 59.3 Å². The predicted octanol–water partition coefficient (Wildman–Crippen LogP) is 3.91. The van der Waals surface area contributed by atoms with Crippen molar-refractivity contribution in [3.63, 3.8) is 0 Å². The summed E-state index contributed by atoms with van der Waals surface area (Å²) in [6.07, 6.45) is 2.04. The van der Waals surface area contributed by atoms with Crippen molar-refractivity contribution in [2.24, 2.45) is 11.7 Å². The number of hydrogen-bond acceptors (Lipinski definition) is 4. The van der Waals surface area contributed by atoms with Gasteiger partial charge in [-0.2, -0.15) is 0 Å². The summed E-state index contributed by atoms with van der Waals surface area (Å²) in [6.45, 7) is 3.62. The van der Waals surface area contributed by atoms with E-state index in [9.17, 15) is 9.59 Å². The maximum absolute atomic E-state index is 15.5. The average molecular weight is 418 g/mol. The summed E-state index contributed by atoms with van der Waals surface area (Å²) in [5.74, 6) is -1.31. The number of nitrogen functional groups attached to an aromatic ring is 1. The van der Waals surface area contributed by atoms with Crippen molar-refractivity contribution in [2.45, 2.75) is 45.2 Å². The minimum atomic E-state index is -0.632. The first-order valence-corrected chi connectivity index (χ1v) is 10.00. The number of primary amides is 1. The maximum atomic E-state index is 15.5. The number of hydrogen-bond donors (Lipinski definition) is 3. The first-order valence-electron chi connectivity index (χ1n) is 9.62. The normalized spacial score (nSPS) is 15.7. The molecule has 154 valence electrons. The number of rotatable bonds is 8. The smallest absolute Gasteiger partial charge is 0.218 e. The van der Waals surface area contributed by atoms with Crippen LogP contribution in [0.25, 0.3) is 0 Å². The Labute approximate surface area is 174 Å². The van der Waals surface area contributed by atoms with E-state index >= 15 is 4.39 Å². The summed E-state index contributed by atoms with van der Waals surface area (Å²) in [5.41, 5.74) is 12.9. The highest BCUT2D eigenvalue weighted by Gasteiger charge is 2.36. The number of nitrogens with two attached hydrogens (primary N) is 2. The zero-order chi connectivity index (χ0) is 21.3. The van der Waals surface area contributed by atoms with Gasteiger partial charge >= 0.3 is 0 Å². The third-order valence-corrected chi connectivity index (χ3v) is 5.59. The fraction of sp³-hybridized carbons (Fsp3) is 0.364. The van der Waals surface area contributed by atoms with Crippen LogP contribution in [0.3, 0.4) is 0 Å². The number of anilines is 1. The molecule has 5 nitrogen and oxygen atoms in total. The van der Waals surface area contributed by atoms with Gasteiger partial charge in [0.2, 0.25) is 5.91 Å². The van der Waals surface area contributed by atoms with Crippen LogP contribution in [0, 0.1) is 18.7 Å². The first-order chi connectivity index (χ1) is 13.7. The van der Waals surface area contributed by atoms with Crippen LogP contribution in [-0.2, 0) is 4.79 Å². The van der Waals surface area contributed by atoms with Crippen molar-refractivity contribution in [3.8, 4) is 0 Å². The Morgan fingerprint density at radius 2 is 1.97 bits per heavy atom. The Morgan fingerprint density at radius 1 is 1.28 bits per heavy atom. The topological polar surface area (TPSA) is 98.2 Å². The molecule has 1 fully saturated rings. The molecule has 7 heteroatoms. The van der Waals surface area contributed by atoms with E-state index < -0.39 is 17.5 Å². The Bertz CT molecular complexity index is 959. The second-order valence-corrected chi connectivity index (χ2v) is 8.19. The van der Waals surface area contributed by atoms with Gasteiger partial charge in [-0.3, -0.25) is 9.59 Å². The summed E-state index contributed by atoms with van der Waals surface area (Å²) in [6, 6.07) is 7.44. The lowest BCUT2D eigenvalue weighted by molar-refractivity contribution is -0.118. The highest BCUT2D eigenvalue weighted by Crippen LogP contribution is 2.43. The van der Waals surface area contributed by atoms with Crippen LogP contribution >= 0.6 is 11.6 Å². The summed E-state index contributed by atoms with van der Waals surface area (Å²) in [5, 5.41) is 3.36. The molecule has 2 aromatic rings. The van der Waals surface area contributed by atoms with E-state index in [4.69, 9.17) is 23.1 Å². The average Bonchev–Trinajstić information content (AvgIpc) is 3.47. The van der Waals surface area contributed by atoms with Crippen molar-refractivity contribution >= 4 is 29.0 Å². The number of benzene rings is 2. The molecule has 2 aromatic carbocycles. The minimum Gasteiger partial charge on any atom is -0.399 e. The molecular weight excluding hydrogens is 393 g/mol. The molecule has 5 N–H and O–H groups in total. The fourth-order valence-electron chi connectivity index (χ4n) is 3.55. The van der Waals surface area contributed by atoms with E-state index in [1.807, 2.05) is 6.92 Å². The Hall–Kier alpha value is -2.44. The lowest BCUT2D eigenvalue weighted by atomic mass is 9.94. The SMILES string of the molecule is Cc1cc(C(=O)c2c(Cl)ccc([C@H](N[C@H](C)CC(N)=O)C3CC3)c2F)ccc1N. The zero-order valence-electron chi connectivity index (χ0n) is 16.5. The van der Waals surface area contributed by atoms with Gasteiger partial charge in [0.1, 0.15) is 5.82 Å². The summed E-state index contributed by atoms with van der Waals surface area (Å²) in [4.78, 5) is 24.2. The number of amides is 1. The zero-order valence-corrected chi connectivity index (χ0v) is 17.2. The second-order valence-electron chi connectivity index (χ2n) is 7.78. The molecule has 2 atom stereocenters. The van der Waals surface area contributed by atoms with Gasteiger partial charge < -0.3 is 16.8 Å². The van der Waals surface area contributed by atoms with Crippen LogP contribution < -0.4 is 16.8 Å². The van der Waals surface area contributed by atoms with Crippen molar-refractivity contribution in [1.82, 2.24) is 5.32 Å². The molecule has 0 unspecified atom stereocenters. The quantitative estimate of drug-likeness (QED) is 0.448. The highest BCUT2D eigenvalue weighted by atomic mass is 35.5. The number of aryl methyl sites for hydroxylation is 1. The van der Waals surface area contributed by atoms with Gasteiger partial charge in [0.05, 0.1) is 10.6 Å². The summed E-state index contributed by atoms with van der Waals surface area (Å²) >= 11 is 6.22. The van der Waals surface area contributed by atoms with E-state index in [1.165, 1.54) is 0 Å². The van der Waals surface area contributed by atoms with E-state index in [0.29, 0.717) is 16.8 Å². The van der Waals surface area contributed by atoms with E-state index in [1.54, 1.807) is 37.3 Å². The van der Waals surface area contributed by atoms with Crippen molar-refractivity contribution in [3.05, 3.63) is 63.4 Å². The van der Waals surface area contributed by atoms with Crippen molar-refractivity contribution in [1.29, 1.82) is 0 Å². The lowest BCUT2D eigenvalue weighted by Crippen LogP contribution is -2.35. The molecule has 0 spiro atoms. The molecular formula is C22H25ClFN3O2. The number of nitrogens with one attached hydrogen (secondary N) is 1. The van der Waals surface area contributed by atoms with Gasteiger partial charge in [0, 0.05) is 35.3 Å². The number of carbonyl (C=O) groups is 2. The fourth-order valence-corrected chi connectivity index (χ4v) is 3.79. The predicted molar refractivity (Wildman–Crippen MR) is 112 cm³/mol. The molecule has 1 amide bonds. The Kier molecular flexibility index (Phi) is 6.24. The van der Waals surface area contributed by atoms with Gasteiger partial charge in [-0.25, -0.2) is 4.39 Å². The van der Waals surface area contributed by atoms with Gasteiger partial charge in [-0.15, -0.1) is 0 Å². The van der Waals surface area contributed by atoms with Gasteiger partial charge in [-0.1, -0.05) is 17.7 Å². The first kappa shape index (κ1) is 21.3. The van der Waals surface area contributed by atoms with E-state index in [2.05, 4.69) is 5.32 Å². The van der Waals surface area contributed by atoms with Crippen molar-refractivity contribution in [2.75, 3.05) is 5.73 Å². The molecule has 1 saturated carbocycles. The van der Waals surface area contributed by atoms with Gasteiger partial charge in [0.25, 0.3) is 0 Å². The van der Waals surface area contributed by atoms with Crippen LogP contribution in [0.5, 0.6) is 0 Å². The monoisotopic (exact) mass is 417 g/mol. The molecule has 0 aliphatic heterocycles. The van der Waals surface area contributed by atoms with Crippen LogP contribution in [0.4, 0.5) is 10.1 Å². The molecule has 0 saturated heterocycles. The molecule has 0 heterocycles. The van der Waals surface area contributed by atoms with Crippen LogP contribution in [-0.4, -0.2) is 17.7 Å². The summed E-state index contributed by atoms with van der Waals surface area (Å²) in [7, 11) is 0. The number of carbonyl (C=O) groups excluding carboxylic acids is 2. The molecule has 1 aliphatic carbocycles. The standard InChI is InChI=1S/C22H25ClFN3O2/c1-11-9-14(5-8-17(11)25)22(29)19-16(23)7-6-15(20(19)24)21(13-3-4-13)27-12(2)10-18(26)28/h5-9,12-13,21,27H,3-4,10,25H2,1-2H3,(H2,26,28)/t12-,21-/m1/s1. The molecule has 0 radical (unpaired) electrons. The van der Waals surface area contributed by atoms with Crippen molar-refractivity contribution < 1.29 is 14.0 Å². The van der Waals surface area contributed by atoms with Gasteiger partial charge in [0.15, 0.2) is 5.78 Å². The minimum absolute atomic E-state index is 0.0606. The van der Waals surface area contributed by atoms with Crippen LogP contribution in [0.15, 0.2) is 30.3 Å². The molecule has 29 heavy (non-hydrogen) atoms. The maximum Gasteiger partial charge on any atom is 0.218 e. The third kappa shape index (κ3) is 4.77. The van der Waals surface area contributed by atoms with Crippen LogP contribution in [0.2, 0.25) is 5.02 Å². The lowest BCUT2D eigenvalue weighted by Gasteiger charge is -2.24. The summed E-state index contributed by atoms with van der Waals surface area (Å²) < 4.78 is 15.5. The molecule has 0 aromatic heterocycles. The van der Waals surface area contributed by atoms with E-state index in [0.717, 1.165) is 18.4 Å². The molecule has 0 bridgehead atoms. The molecule has 3 rings (SSSR count). The number of halogens is 2.